The van der Waals surface area contributed by atoms with E-state index < -0.39 is 0 Å². The molecule has 0 aliphatic rings. The van der Waals surface area contributed by atoms with Crippen molar-refractivity contribution in [2.45, 2.75) is 20.8 Å². The first-order valence-electron chi connectivity index (χ1n) is 15.5. The molecular formula is C43H33NS. The molecule has 216 valence electrons. The maximum absolute atomic E-state index is 2.46. The Labute approximate surface area is 267 Å². The minimum Gasteiger partial charge on any atom is -0.309 e. The van der Waals surface area contributed by atoms with Crippen LogP contribution in [-0.2, 0) is 0 Å². The molecular weight excluding hydrogens is 563 g/mol. The van der Waals surface area contributed by atoms with Crippen LogP contribution in [0.3, 0.4) is 0 Å². The third-order valence-electron chi connectivity index (χ3n) is 8.97. The van der Waals surface area contributed by atoms with Gasteiger partial charge in [-0.2, -0.15) is 0 Å². The fourth-order valence-electron chi connectivity index (χ4n) is 6.84. The van der Waals surface area contributed by atoms with Gasteiger partial charge in [-0.3, -0.25) is 0 Å². The number of benzene rings is 7. The lowest BCUT2D eigenvalue weighted by Gasteiger charge is -2.14. The van der Waals surface area contributed by atoms with E-state index in [1.165, 1.54) is 86.3 Å². The SMILES string of the molecule is Cc1cc2sc3ccccc3c2cc1-c1c(C)ccc2c1c1ccc3ccccc3c1n2-c1ccccc1.Cc1ccccc1. The normalized spacial score (nSPS) is 11.4. The van der Waals surface area contributed by atoms with Gasteiger partial charge in [-0.05, 0) is 84.8 Å². The standard InChI is InChI=1S/C36H25NS.C7H8/c1-22-16-19-31-35(34(22)29-21-30-27-14-8-9-15-32(27)38-33(30)20-23(29)2)28-18-17-24-10-6-7-13-26(24)36(28)37(31)25-11-4-3-5-12-25;1-7-5-3-2-4-6-7/h3-21H,1-2H3;2-6H,1H3. The van der Waals surface area contributed by atoms with E-state index in [9.17, 15) is 0 Å². The Morgan fingerprint density at radius 3 is 1.93 bits per heavy atom. The lowest BCUT2D eigenvalue weighted by Crippen LogP contribution is -1.95. The first kappa shape index (κ1) is 27.4. The van der Waals surface area contributed by atoms with Crippen LogP contribution in [0.25, 0.3) is 69.6 Å². The maximum atomic E-state index is 2.46. The molecule has 45 heavy (non-hydrogen) atoms. The smallest absolute Gasteiger partial charge is 0.0619 e. The Morgan fingerprint density at radius 1 is 0.489 bits per heavy atom. The van der Waals surface area contributed by atoms with E-state index in [1.807, 2.05) is 29.5 Å². The number of nitrogens with zero attached hydrogens (tertiary/aromatic N) is 1. The van der Waals surface area contributed by atoms with Gasteiger partial charge in [-0.25, -0.2) is 0 Å². The molecule has 0 spiro atoms. The van der Waals surface area contributed by atoms with Crippen molar-refractivity contribution >= 4 is 64.1 Å². The Hall–Kier alpha value is -5.18. The highest BCUT2D eigenvalue weighted by Crippen LogP contribution is 2.45. The van der Waals surface area contributed by atoms with Gasteiger partial charge in [0.25, 0.3) is 0 Å². The average molecular weight is 596 g/mol. The van der Waals surface area contributed by atoms with Gasteiger partial charge >= 0.3 is 0 Å². The van der Waals surface area contributed by atoms with Crippen LogP contribution in [0.1, 0.15) is 16.7 Å². The van der Waals surface area contributed by atoms with Crippen molar-refractivity contribution in [3.63, 3.8) is 0 Å². The highest BCUT2D eigenvalue weighted by molar-refractivity contribution is 7.25. The minimum atomic E-state index is 1.19. The van der Waals surface area contributed by atoms with Crippen LogP contribution >= 0.6 is 11.3 Å². The molecule has 0 amide bonds. The Bertz CT molecular complexity index is 2500. The number of hydrogen-bond acceptors (Lipinski definition) is 1. The van der Waals surface area contributed by atoms with Crippen molar-refractivity contribution in [3.8, 4) is 16.8 Å². The Kier molecular flexibility index (Phi) is 6.73. The molecule has 0 bridgehead atoms. The fourth-order valence-corrected chi connectivity index (χ4v) is 8.03. The van der Waals surface area contributed by atoms with Crippen molar-refractivity contribution in [1.82, 2.24) is 4.57 Å². The topological polar surface area (TPSA) is 4.93 Å². The van der Waals surface area contributed by atoms with E-state index in [2.05, 4.69) is 153 Å². The third-order valence-corrected chi connectivity index (χ3v) is 10.1. The Balaban J connectivity index is 0.000000382. The van der Waals surface area contributed by atoms with Gasteiger partial charge in [0.15, 0.2) is 0 Å². The zero-order valence-electron chi connectivity index (χ0n) is 25.7. The molecule has 0 N–H and O–H groups in total. The molecule has 0 fully saturated rings. The third kappa shape index (κ3) is 4.61. The van der Waals surface area contributed by atoms with Crippen molar-refractivity contribution < 1.29 is 0 Å². The quantitative estimate of drug-likeness (QED) is 0.187. The zero-order valence-corrected chi connectivity index (χ0v) is 26.5. The molecule has 2 aromatic heterocycles. The summed E-state index contributed by atoms with van der Waals surface area (Å²) in [5, 5.41) is 7.87. The van der Waals surface area contributed by atoms with Crippen LogP contribution in [0, 0.1) is 20.8 Å². The predicted molar refractivity (Wildman–Crippen MR) is 197 cm³/mol. The molecule has 2 heteroatoms. The lowest BCUT2D eigenvalue weighted by molar-refractivity contribution is 1.18. The zero-order chi connectivity index (χ0) is 30.5. The molecule has 0 aliphatic heterocycles. The molecule has 0 unspecified atom stereocenters. The first-order valence-corrected chi connectivity index (χ1v) is 16.3. The molecule has 7 aromatic carbocycles. The molecule has 0 atom stereocenters. The van der Waals surface area contributed by atoms with Crippen molar-refractivity contribution in [3.05, 3.63) is 162 Å². The Morgan fingerprint density at radius 2 is 1.18 bits per heavy atom. The summed E-state index contributed by atoms with van der Waals surface area (Å²) in [6.45, 7) is 6.61. The van der Waals surface area contributed by atoms with Crippen LogP contribution in [0.15, 0.2) is 146 Å². The first-order chi connectivity index (χ1) is 22.1. The molecule has 0 saturated heterocycles. The molecule has 0 saturated carbocycles. The van der Waals surface area contributed by atoms with Gasteiger partial charge in [0.2, 0.25) is 0 Å². The number of hydrogen-bond donors (Lipinski definition) is 0. The van der Waals surface area contributed by atoms with Crippen LogP contribution in [0.4, 0.5) is 0 Å². The molecule has 0 aliphatic carbocycles. The van der Waals surface area contributed by atoms with Gasteiger partial charge in [0.1, 0.15) is 0 Å². The van der Waals surface area contributed by atoms with E-state index in [0.29, 0.717) is 0 Å². The second-order valence-corrected chi connectivity index (χ2v) is 13.0. The van der Waals surface area contributed by atoms with Gasteiger partial charge in [0.05, 0.1) is 11.0 Å². The molecule has 0 radical (unpaired) electrons. The lowest BCUT2D eigenvalue weighted by atomic mass is 9.91. The highest BCUT2D eigenvalue weighted by atomic mass is 32.1. The summed E-state index contributed by atoms with van der Waals surface area (Å²) in [6, 6.07) is 52.6. The van der Waals surface area contributed by atoms with E-state index >= 15 is 0 Å². The van der Waals surface area contributed by atoms with Crippen LogP contribution in [-0.4, -0.2) is 4.57 Å². The average Bonchev–Trinajstić information content (AvgIpc) is 3.61. The van der Waals surface area contributed by atoms with E-state index in [4.69, 9.17) is 0 Å². The minimum absolute atomic E-state index is 1.19. The van der Waals surface area contributed by atoms with Gasteiger partial charge in [-0.1, -0.05) is 115 Å². The number of para-hydroxylation sites is 1. The number of thiophene rings is 1. The van der Waals surface area contributed by atoms with Gasteiger partial charge in [-0.15, -0.1) is 11.3 Å². The van der Waals surface area contributed by atoms with Crippen LogP contribution in [0.5, 0.6) is 0 Å². The van der Waals surface area contributed by atoms with Crippen molar-refractivity contribution in [1.29, 1.82) is 0 Å². The van der Waals surface area contributed by atoms with Gasteiger partial charge in [0, 0.05) is 42.0 Å². The largest absolute Gasteiger partial charge is 0.309 e. The van der Waals surface area contributed by atoms with E-state index in [1.54, 1.807) is 0 Å². The van der Waals surface area contributed by atoms with Crippen molar-refractivity contribution in [2.75, 3.05) is 0 Å². The summed E-state index contributed by atoms with van der Waals surface area (Å²) in [5.74, 6) is 0. The second kappa shape index (κ2) is 11.1. The number of rotatable bonds is 2. The molecule has 9 rings (SSSR count). The number of aryl methyl sites for hydroxylation is 3. The summed E-state index contributed by atoms with van der Waals surface area (Å²) < 4.78 is 5.17. The monoisotopic (exact) mass is 595 g/mol. The number of aromatic nitrogens is 1. The predicted octanol–water partition coefficient (Wildman–Crippen LogP) is 12.6. The van der Waals surface area contributed by atoms with Gasteiger partial charge < -0.3 is 4.57 Å². The van der Waals surface area contributed by atoms with Crippen LogP contribution < -0.4 is 0 Å². The summed E-state index contributed by atoms with van der Waals surface area (Å²) in [5.41, 5.74) is 10.3. The molecule has 2 heterocycles. The van der Waals surface area contributed by atoms with Crippen LogP contribution in [0.2, 0.25) is 0 Å². The fraction of sp³-hybridized carbons (Fsp3) is 0.0698. The highest BCUT2D eigenvalue weighted by Gasteiger charge is 2.21. The maximum Gasteiger partial charge on any atom is 0.0619 e. The number of fused-ring (bicyclic) bond motifs is 8. The summed E-state index contributed by atoms with van der Waals surface area (Å²) in [4.78, 5) is 0. The summed E-state index contributed by atoms with van der Waals surface area (Å²) in [6.07, 6.45) is 0. The van der Waals surface area contributed by atoms with E-state index in [-0.39, 0.29) is 0 Å². The molecule has 1 nitrogen and oxygen atoms in total. The summed E-state index contributed by atoms with van der Waals surface area (Å²) >= 11 is 1.89. The second-order valence-electron chi connectivity index (χ2n) is 11.9. The van der Waals surface area contributed by atoms with Crippen molar-refractivity contribution in [2.24, 2.45) is 0 Å². The van der Waals surface area contributed by atoms with E-state index in [0.717, 1.165) is 0 Å². The summed E-state index contributed by atoms with van der Waals surface area (Å²) in [7, 11) is 0. The molecule has 9 aromatic rings.